The molecule has 5 unspecified atom stereocenters. The van der Waals surface area contributed by atoms with Gasteiger partial charge in [0.1, 0.15) is 36.3 Å². The highest BCUT2D eigenvalue weighted by Crippen LogP contribution is 2.68. The van der Waals surface area contributed by atoms with Crippen LogP contribution in [0.4, 0.5) is 5.95 Å². The number of phosphoric acid groups is 3. The third-order valence-electron chi connectivity index (χ3n) is 10.3. The van der Waals surface area contributed by atoms with Crippen LogP contribution in [-0.4, -0.2) is 117 Å². The Kier molecular flexibility index (Phi) is 11.2. The normalized spacial score (nSPS) is 31.1. The predicted octanol–water partition coefficient (Wildman–Crippen LogP) is -0.444. The molecule has 4 aromatic rings. The minimum atomic E-state index is -5.93. The van der Waals surface area contributed by atoms with Gasteiger partial charge in [-0.05, 0) is 19.8 Å². The lowest BCUT2D eigenvalue weighted by molar-refractivity contribution is -0.646. The van der Waals surface area contributed by atoms with E-state index in [2.05, 4.69) is 33.5 Å². The lowest BCUT2D eigenvalue weighted by atomic mass is 9.94. The van der Waals surface area contributed by atoms with E-state index in [1.54, 1.807) is 7.05 Å². The van der Waals surface area contributed by atoms with Gasteiger partial charge in [-0.25, -0.2) is 28.2 Å². The maximum Gasteiger partial charge on any atom is 0.490 e. The van der Waals surface area contributed by atoms with Crippen LogP contribution in [0.2, 0.25) is 0 Å². The van der Waals surface area contributed by atoms with Gasteiger partial charge in [-0.1, -0.05) is 6.42 Å². The van der Waals surface area contributed by atoms with Gasteiger partial charge in [0.25, 0.3) is 16.7 Å². The van der Waals surface area contributed by atoms with Crippen LogP contribution in [0.1, 0.15) is 50.4 Å². The van der Waals surface area contributed by atoms with E-state index < -0.39 is 103 Å². The second-order valence-electron chi connectivity index (χ2n) is 14.4. The van der Waals surface area contributed by atoms with Crippen LogP contribution < -0.4 is 21.4 Å². The van der Waals surface area contributed by atoms with Gasteiger partial charge in [0.05, 0.1) is 26.6 Å². The van der Waals surface area contributed by atoms with E-state index in [1.165, 1.54) is 40.4 Å². The number of nitrogen functional groups attached to an aromatic ring is 1. The maximum absolute atomic E-state index is 13.0. The Hall–Kier alpha value is -3.33. The first-order chi connectivity index (χ1) is 27.8. The molecular formula is C29H41N9O18P3+. The third-order valence-corrected chi connectivity index (χ3v) is 14.5. The molecular weight excluding hydrogens is 855 g/mol. The minimum absolute atomic E-state index is 0.0534. The highest BCUT2D eigenvalue weighted by Gasteiger charge is 2.61. The topological polar surface area (TPSA) is 359 Å². The molecule has 1 spiro atoms. The van der Waals surface area contributed by atoms with Crippen molar-refractivity contribution in [3.05, 3.63) is 39.2 Å². The second-order valence-corrected chi connectivity index (χ2v) is 19.0. The number of aliphatic hydroxyl groups excluding tert-OH is 1. The quantitative estimate of drug-likeness (QED) is 0.0660. The fourth-order valence-corrected chi connectivity index (χ4v) is 11.4. The number of phosphoric ester groups is 2. The van der Waals surface area contributed by atoms with E-state index >= 15 is 0 Å². The van der Waals surface area contributed by atoms with Gasteiger partial charge in [0.2, 0.25) is 18.5 Å². The number of anilines is 1. The predicted molar refractivity (Wildman–Crippen MR) is 193 cm³/mol. The van der Waals surface area contributed by atoms with Gasteiger partial charge < -0.3 is 54.2 Å². The summed E-state index contributed by atoms with van der Waals surface area (Å²) in [5.41, 5.74) is 5.06. The van der Waals surface area contributed by atoms with E-state index in [9.17, 15) is 43.1 Å². The number of nitrogens with two attached hydrogens (primary N) is 1. The number of nitrogens with one attached hydrogen (secondary N) is 2. The van der Waals surface area contributed by atoms with E-state index in [0.29, 0.717) is 12.8 Å². The molecule has 30 heteroatoms. The first-order valence-electron chi connectivity index (χ1n) is 18.1. The summed E-state index contributed by atoms with van der Waals surface area (Å²) in [4.78, 5) is 73.5. The van der Waals surface area contributed by atoms with Gasteiger partial charge in [-0.2, -0.15) is 18.2 Å². The fraction of sp³-hybridized carbons (Fsp3) is 0.655. The van der Waals surface area contributed by atoms with Crippen LogP contribution in [-0.2, 0) is 62.1 Å². The van der Waals surface area contributed by atoms with Crippen LogP contribution in [0.25, 0.3) is 22.3 Å². The lowest BCUT2D eigenvalue weighted by Gasteiger charge is -2.33. The number of imidazole rings is 2. The first kappa shape index (κ1) is 42.4. The van der Waals surface area contributed by atoms with Crippen LogP contribution >= 0.6 is 23.5 Å². The maximum atomic E-state index is 13.0. The highest BCUT2D eigenvalue weighted by molar-refractivity contribution is 7.66. The van der Waals surface area contributed by atoms with Crippen molar-refractivity contribution >= 4 is 51.7 Å². The summed E-state index contributed by atoms with van der Waals surface area (Å²) in [5, 5.41) is 11.0. The van der Waals surface area contributed by atoms with Gasteiger partial charge in [0, 0.05) is 20.0 Å². The van der Waals surface area contributed by atoms with Crippen LogP contribution in [0, 0.1) is 6.92 Å². The summed E-state index contributed by atoms with van der Waals surface area (Å²) < 4.78 is 91.5. The van der Waals surface area contributed by atoms with Crippen molar-refractivity contribution in [1.82, 2.24) is 34.1 Å². The summed E-state index contributed by atoms with van der Waals surface area (Å²) in [7, 11) is -14.3. The number of ether oxygens (including phenoxy) is 5. The Morgan fingerprint density at radius 3 is 2.22 bits per heavy atom. The number of aromatic amines is 2. The van der Waals surface area contributed by atoms with E-state index in [0.717, 1.165) is 19.3 Å². The zero-order valence-electron chi connectivity index (χ0n) is 31.3. The monoisotopic (exact) mass is 896 g/mol. The average Bonchev–Trinajstić information content (AvgIpc) is 3.93. The molecule has 59 heavy (non-hydrogen) atoms. The highest BCUT2D eigenvalue weighted by atomic mass is 31.3. The molecule has 1 saturated carbocycles. The number of aromatic nitrogens is 8. The molecule has 3 aliphatic heterocycles. The van der Waals surface area contributed by atoms with Crippen molar-refractivity contribution in [3.8, 4) is 0 Å². The van der Waals surface area contributed by atoms with Crippen LogP contribution in [0.3, 0.4) is 0 Å². The number of methoxy groups -OCH3 is 1. The molecule has 1 aliphatic carbocycles. The molecule has 8 N–H and O–H groups in total. The van der Waals surface area contributed by atoms with Crippen molar-refractivity contribution in [2.75, 3.05) is 26.1 Å². The zero-order chi connectivity index (χ0) is 42.2. The fourth-order valence-electron chi connectivity index (χ4n) is 7.89. The number of rotatable bonds is 13. The summed E-state index contributed by atoms with van der Waals surface area (Å²) in [6.45, 7) is -0.170. The summed E-state index contributed by atoms with van der Waals surface area (Å²) >= 11 is 0. The second kappa shape index (κ2) is 15.5. The molecule has 8 rings (SSSR count). The van der Waals surface area contributed by atoms with Crippen molar-refractivity contribution in [2.45, 2.75) is 93.9 Å². The SMILES string of the molecule is COC1[C@@H](COP(=O)(O)OP(=O)(O)OP(=O)(O)OC[C@H]2O[C@@H](n3c[n+](C)c4c(=O)[nH]c(N)nc43)[C@H]3OC4(CCCCC4)OC23)O[C@@H](n2cnc3c(=O)[nH]c(C)nc32)[C@H]1O. The molecule has 3 saturated heterocycles. The van der Waals surface area contributed by atoms with E-state index in [-0.39, 0.29) is 34.1 Å². The molecule has 4 aromatic heterocycles. The van der Waals surface area contributed by atoms with Gasteiger partial charge in [-0.3, -0.25) is 28.2 Å². The molecule has 324 valence electrons. The van der Waals surface area contributed by atoms with Gasteiger partial charge >= 0.3 is 29.0 Å². The average molecular weight is 897 g/mol. The van der Waals surface area contributed by atoms with Gasteiger partial charge in [-0.15, -0.1) is 0 Å². The summed E-state index contributed by atoms with van der Waals surface area (Å²) in [6, 6.07) is 0. The van der Waals surface area contributed by atoms with E-state index in [1.807, 2.05) is 0 Å². The van der Waals surface area contributed by atoms with Crippen molar-refractivity contribution in [1.29, 1.82) is 0 Å². The lowest BCUT2D eigenvalue weighted by Crippen LogP contribution is -2.37. The summed E-state index contributed by atoms with van der Waals surface area (Å²) in [6.07, 6.45) is -2.93. The van der Waals surface area contributed by atoms with Crippen molar-refractivity contribution in [2.24, 2.45) is 7.05 Å². The Morgan fingerprint density at radius 1 is 0.898 bits per heavy atom. The minimum Gasteiger partial charge on any atom is -0.386 e. The van der Waals surface area contributed by atoms with Crippen molar-refractivity contribution < 1.29 is 79.4 Å². The Balaban J connectivity index is 0.921. The van der Waals surface area contributed by atoms with E-state index in [4.69, 9.17) is 38.5 Å². The molecule has 0 radical (unpaired) electrons. The Bertz CT molecular complexity index is 2520. The number of aliphatic hydroxyl groups is 1. The number of fused-ring (bicyclic) bond motifs is 3. The molecule has 4 aliphatic rings. The number of hydrogen-bond acceptors (Lipinski definition) is 19. The first-order valence-corrected chi connectivity index (χ1v) is 22.5. The standard InChI is InChI=1S/C29H40N9O18P3/c1-13-32-22-16(24(40)33-13)31-11-37(22)26-18(39)19(48-3)14(51-26)9-49-57(42,43)55-59(46,47)56-58(44,45)50-10-15-20-21(54-29(53-20)7-5-4-6-8-29)27(52-15)38-12-36(2)17-23(38)34-28(30)35-25(17)41/h11-12,14-15,18-21,26-27,39H,4-10H2,1-3H3,(H6-,30,32,33,34,35,40,41,42,43,44,45,46,47)/p+1/t14-,15-,18+,19?,20?,21+,26-,27-/m1/s1. The molecule has 4 fully saturated rings. The smallest absolute Gasteiger partial charge is 0.386 e. The molecule has 0 amide bonds. The zero-order valence-corrected chi connectivity index (χ0v) is 34.0. The number of nitrogens with zero attached hydrogens (tertiary/aromatic N) is 6. The molecule has 11 atom stereocenters. The number of H-pyrrole nitrogens is 2. The Morgan fingerprint density at radius 2 is 1.54 bits per heavy atom. The third kappa shape index (κ3) is 8.24. The molecule has 27 nitrogen and oxygen atoms in total. The van der Waals surface area contributed by atoms with Crippen LogP contribution in [0.5, 0.6) is 0 Å². The van der Waals surface area contributed by atoms with Gasteiger partial charge in [0.15, 0.2) is 29.3 Å². The molecule has 7 heterocycles. The van der Waals surface area contributed by atoms with Crippen molar-refractivity contribution in [3.63, 3.8) is 0 Å². The number of hydrogen-bond donors (Lipinski definition) is 7. The molecule has 0 aromatic carbocycles. The number of aryl methyl sites for hydroxylation is 2. The summed E-state index contributed by atoms with van der Waals surface area (Å²) in [5.74, 6) is -0.928. The van der Waals surface area contributed by atoms with Crippen LogP contribution in [0.15, 0.2) is 22.2 Å². The largest absolute Gasteiger partial charge is 0.490 e. The molecule has 0 bridgehead atoms. The Labute approximate surface area is 331 Å².